The third kappa shape index (κ3) is 5.19. The molecule has 0 spiro atoms. The largest absolute Gasteiger partial charge is 0.496 e. The molecule has 3 aromatic rings. The van der Waals surface area contributed by atoms with E-state index in [1.165, 1.54) is 16.7 Å². The average Bonchev–Trinajstić information content (AvgIpc) is 3.25. The van der Waals surface area contributed by atoms with Gasteiger partial charge in [0.2, 0.25) is 5.91 Å². The number of anilines is 1. The number of carbonyl (C=O) groups is 1. The third-order valence-corrected chi connectivity index (χ3v) is 6.30. The van der Waals surface area contributed by atoms with Gasteiger partial charge in [0.25, 0.3) is 0 Å². The molecule has 1 fully saturated rings. The van der Waals surface area contributed by atoms with Crippen molar-refractivity contribution in [3.05, 3.63) is 77.0 Å². The SMILES string of the molecule is COc1cc(C)c(CN2CCC(n3nccc3NC(=O)Cc3ccccc3)CC2)cc1C. The summed E-state index contributed by atoms with van der Waals surface area (Å²) in [5.41, 5.74) is 4.81. The minimum absolute atomic E-state index is 0.0132. The van der Waals surface area contributed by atoms with Gasteiger partial charge in [-0.25, -0.2) is 4.68 Å². The van der Waals surface area contributed by atoms with Crippen LogP contribution < -0.4 is 10.1 Å². The molecule has 2 heterocycles. The molecule has 1 aliphatic heterocycles. The highest BCUT2D eigenvalue weighted by molar-refractivity contribution is 5.91. The molecule has 1 amide bonds. The first-order valence-corrected chi connectivity index (χ1v) is 11.3. The molecule has 0 bridgehead atoms. The number of carbonyl (C=O) groups excluding carboxylic acids is 1. The number of aryl methyl sites for hydroxylation is 2. The summed E-state index contributed by atoms with van der Waals surface area (Å²) in [7, 11) is 1.72. The number of hydrogen-bond acceptors (Lipinski definition) is 4. The Labute approximate surface area is 190 Å². The maximum absolute atomic E-state index is 12.5. The summed E-state index contributed by atoms with van der Waals surface area (Å²) in [5.74, 6) is 1.72. The first-order valence-electron chi connectivity index (χ1n) is 11.3. The lowest BCUT2D eigenvalue weighted by Crippen LogP contribution is -2.35. The number of nitrogens with one attached hydrogen (secondary N) is 1. The van der Waals surface area contributed by atoms with Crippen LogP contribution in [-0.4, -0.2) is 40.8 Å². The van der Waals surface area contributed by atoms with Crippen LogP contribution in [0.3, 0.4) is 0 Å². The predicted molar refractivity (Wildman–Crippen MR) is 127 cm³/mol. The molecule has 0 radical (unpaired) electrons. The van der Waals surface area contributed by atoms with Gasteiger partial charge in [-0.2, -0.15) is 5.10 Å². The molecule has 6 nitrogen and oxygen atoms in total. The Morgan fingerprint density at radius 2 is 1.84 bits per heavy atom. The lowest BCUT2D eigenvalue weighted by molar-refractivity contribution is -0.115. The number of benzene rings is 2. The van der Waals surface area contributed by atoms with Crippen LogP contribution in [0, 0.1) is 13.8 Å². The van der Waals surface area contributed by atoms with Gasteiger partial charge in [-0.3, -0.25) is 9.69 Å². The van der Waals surface area contributed by atoms with Crippen LogP contribution >= 0.6 is 0 Å². The molecular weight excluding hydrogens is 400 g/mol. The fourth-order valence-corrected chi connectivity index (χ4v) is 4.48. The van der Waals surface area contributed by atoms with E-state index in [1.54, 1.807) is 13.3 Å². The molecule has 1 aliphatic rings. The molecule has 4 rings (SSSR count). The minimum Gasteiger partial charge on any atom is -0.496 e. The number of nitrogens with zero attached hydrogens (tertiary/aromatic N) is 3. The smallest absolute Gasteiger partial charge is 0.229 e. The van der Waals surface area contributed by atoms with Crippen molar-refractivity contribution in [2.45, 2.75) is 45.7 Å². The highest BCUT2D eigenvalue weighted by Crippen LogP contribution is 2.28. The number of piperidine rings is 1. The molecule has 1 aromatic heterocycles. The maximum atomic E-state index is 12.5. The number of rotatable bonds is 7. The highest BCUT2D eigenvalue weighted by Gasteiger charge is 2.23. The van der Waals surface area contributed by atoms with Crippen molar-refractivity contribution < 1.29 is 9.53 Å². The predicted octanol–water partition coefficient (Wildman–Crippen LogP) is 4.53. The molecule has 2 aromatic carbocycles. The average molecular weight is 433 g/mol. The third-order valence-electron chi connectivity index (χ3n) is 6.30. The second kappa shape index (κ2) is 10.0. The van der Waals surface area contributed by atoms with Gasteiger partial charge in [0.15, 0.2) is 0 Å². The van der Waals surface area contributed by atoms with Crippen molar-refractivity contribution >= 4 is 11.7 Å². The van der Waals surface area contributed by atoms with Gasteiger partial charge in [-0.1, -0.05) is 36.4 Å². The van der Waals surface area contributed by atoms with Gasteiger partial charge in [0, 0.05) is 25.7 Å². The summed E-state index contributed by atoms with van der Waals surface area (Å²) in [5, 5.41) is 7.57. The fourth-order valence-electron chi connectivity index (χ4n) is 4.48. The number of likely N-dealkylation sites (tertiary alicyclic amines) is 1. The Morgan fingerprint density at radius 1 is 1.09 bits per heavy atom. The molecule has 32 heavy (non-hydrogen) atoms. The van der Waals surface area contributed by atoms with E-state index in [2.05, 4.69) is 41.3 Å². The van der Waals surface area contributed by atoms with Crippen LogP contribution in [-0.2, 0) is 17.8 Å². The van der Waals surface area contributed by atoms with Crippen molar-refractivity contribution in [1.82, 2.24) is 14.7 Å². The van der Waals surface area contributed by atoms with Crippen LogP contribution in [0.15, 0.2) is 54.7 Å². The van der Waals surface area contributed by atoms with Crippen molar-refractivity contribution in [2.24, 2.45) is 0 Å². The molecule has 168 valence electrons. The van der Waals surface area contributed by atoms with Gasteiger partial charge in [0.05, 0.1) is 25.8 Å². The topological polar surface area (TPSA) is 59.4 Å². The second-order valence-corrected chi connectivity index (χ2v) is 8.63. The Balaban J connectivity index is 1.34. The maximum Gasteiger partial charge on any atom is 0.229 e. The van der Waals surface area contributed by atoms with E-state index in [9.17, 15) is 4.79 Å². The van der Waals surface area contributed by atoms with E-state index in [0.29, 0.717) is 12.5 Å². The van der Waals surface area contributed by atoms with Crippen LogP contribution in [0.4, 0.5) is 5.82 Å². The van der Waals surface area contributed by atoms with Gasteiger partial charge in [-0.15, -0.1) is 0 Å². The zero-order chi connectivity index (χ0) is 22.5. The molecule has 0 saturated carbocycles. The number of ether oxygens (including phenoxy) is 1. The van der Waals surface area contributed by atoms with E-state index in [0.717, 1.165) is 49.6 Å². The lowest BCUT2D eigenvalue weighted by Gasteiger charge is -2.33. The van der Waals surface area contributed by atoms with Crippen LogP contribution in [0.2, 0.25) is 0 Å². The first kappa shape index (κ1) is 22.1. The van der Waals surface area contributed by atoms with Crippen molar-refractivity contribution in [3.8, 4) is 5.75 Å². The van der Waals surface area contributed by atoms with Gasteiger partial charge >= 0.3 is 0 Å². The lowest BCUT2D eigenvalue weighted by atomic mass is 10.0. The summed E-state index contributed by atoms with van der Waals surface area (Å²) in [6.45, 7) is 7.21. The quantitative estimate of drug-likeness (QED) is 0.596. The number of amides is 1. The van der Waals surface area contributed by atoms with E-state index >= 15 is 0 Å². The van der Waals surface area contributed by atoms with Gasteiger partial charge in [-0.05, 0) is 55.0 Å². The normalized spacial score (nSPS) is 15.0. The Kier molecular flexibility index (Phi) is 6.90. The first-order chi connectivity index (χ1) is 15.5. The van der Waals surface area contributed by atoms with E-state index in [-0.39, 0.29) is 5.91 Å². The van der Waals surface area contributed by atoms with Crippen LogP contribution in [0.1, 0.15) is 41.1 Å². The molecule has 1 saturated heterocycles. The minimum atomic E-state index is -0.0132. The molecular formula is C26H32N4O2. The second-order valence-electron chi connectivity index (χ2n) is 8.63. The molecule has 6 heteroatoms. The molecule has 0 aliphatic carbocycles. The fraction of sp³-hybridized carbons (Fsp3) is 0.385. The van der Waals surface area contributed by atoms with Gasteiger partial charge in [0.1, 0.15) is 11.6 Å². The highest BCUT2D eigenvalue weighted by atomic mass is 16.5. The van der Waals surface area contributed by atoms with Gasteiger partial charge < -0.3 is 10.1 Å². The van der Waals surface area contributed by atoms with E-state index < -0.39 is 0 Å². The number of methoxy groups -OCH3 is 1. The molecule has 0 atom stereocenters. The number of hydrogen-bond donors (Lipinski definition) is 1. The Bertz CT molecular complexity index is 1050. The standard InChI is InChI=1S/C26H32N4O2/c1-19-16-24(32-3)20(2)15-22(19)18-29-13-10-23(11-14-29)30-25(9-12-27-30)28-26(31)17-21-7-5-4-6-8-21/h4-9,12,15-16,23H,10-11,13-14,17-18H2,1-3H3,(H,28,31). The van der Waals surface area contributed by atoms with Crippen LogP contribution in [0.5, 0.6) is 5.75 Å². The van der Waals surface area contributed by atoms with E-state index in [1.807, 2.05) is 41.1 Å². The number of aromatic nitrogens is 2. The van der Waals surface area contributed by atoms with Crippen molar-refractivity contribution in [3.63, 3.8) is 0 Å². The van der Waals surface area contributed by atoms with Crippen molar-refractivity contribution in [2.75, 3.05) is 25.5 Å². The molecule has 0 unspecified atom stereocenters. The zero-order valence-electron chi connectivity index (χ0n) is 19.2. The summed E-state index contributed by atoms with van der Waals surface area (Å²) < 4.78 is 7.43. The monoisotopic (exact) mass is 432 g/mol. The summed E-state index contributed by atoms with van der Waals surface area (Å²) in [6.07, 6.45) is 4.16. The van der Waals surface area contributed by atoms with Crippen molar-refractivity contribution in [1.29, 1.82) is 0 Å². The van der Waals surface area contributed by atoms with Crippen LogP contribution in [0.25, 0.3) is 0 Å². The Morgan fingerprint density at radius 3 is 2.56 bits per heavy atom. The van der Waals surface area contributed by atoms with E-state index in [4.69, 9.17) is 4.74 Å². The summed E-state index contributed by atoms with van der Waals surface area (Å²) in [4.78, 5) is 15.0. The Hall–Kier alpha value is -3.12. The summed E-state index contributed by atoms with van der Waals surface area (Å²) in [6, 6.07) is 16.4. The zero-order valence-corrected chi connectivity index (χ0v) is 19.2. The summed E-state index contributed by atoms with van der Waals surface area (Å²) >= 11 is 0. The molecule has 1 N–H and O–H groups in total.